The van der Waals surface area contributed by atoms with Crippen LogP contribution in [-0.2, 0) is 16.0 Å². The molecule has 2 aromatic carbocycles. The van der Waals surface area contributed by atoms with E-state index in [1.54, 1.807) is 60.9 Å². The number of hydrogen-bond donors (Lipinski definition) is 1. The van der Waals surface area contributed by atoms with Crippen molar-refractivity contribution >= 4 is 17.4 Å². The number of halogens is 1. The largest absolute Gasteiger partial charge is 0.507 e. The van der Waals surface area contributed by atoms with Crippen LogP contribution >= 0.6 is 0 Å². The van der Waals surface area contributed by atoms with Gasteiger partial charge in [0.25, 0.3) is 11.7 Å². The zero-order valence-electron chi connectivity index (χ0n) is 19.6. The maximum atomic E-state index is 13.3. The lowest BCUT2D eigenvalue weighted by molar-refractivity contribution is -0.139. The van der Waals surface area contributed by atoms with E-state index in [1.807, 2.05) is 13.8 Å². The fourth-order valence-electron chi connectivity index (χ4n) is 4.06. The van der Waals surface area contributed by atoms with Gasteiger partial charge in [-0.3, -0.25) is 14.6 Å². The van der Waals surface area contributed by atoms with Crippen LogP contribution in [0, 0.1) is 11.7 Å². The topological polar surface area (TPSA) is 79.7 Å². The van der Waals surface area contributed by atoms with Crippen LogP contribution in [0.25, 0.3) is 5.76 Å². The highest BCUT2D eigenvalue weighted by atomic mass is 19.1. The highest BCUT2D eigenvalue weighted by Crippen LogP contribution is 2.39. The minimum Gasteiger partial charge on any atom is -0.507 e. The molecule has 1 saturated heterocycles. The Labute approximate surface area is 203 Å². The third-order valence-corrected chi connectivity index (χ3v) is 5.81. The summed E-state index contributed by atoms with van der Waals surface area (Å²) in [4.78, 5) is 31.7. The lowest BCUT2D eigenvalue weighted by Crippen LogP contribution is -2.31. The third-order valence-electron chi connectivity index (χ3n) is 5.81. The first-order valence-corrected chi connectivity index (χ1v) is 11.5. The van der Waals surface area contributed by atoms with E-state index in [9.17, 15) is 19.1 Å². The van der Waals surface area contributed by atoms with Gasteiger partial charge in [0.05, 0.1) is 18.2 Å². The van der Waals surface area contributed by atoms with Gasteiger partial charge in [0, 0.05) is 24.5 Å². The maximum absolute atomic E-state index is 13.3. The number of rotatable bonds is 8. The van der Waals surface area contributed by atoms with Crippen molar-refractivity contribution in [2.75, 3.05) is 13.2 Å². The summed E-state index contributed by atoms with van der Waals surface area (Å²) in [6.07, 6.45) is 3.58. The van der Waals surface area contributed by atoms with Crippen LogP contribution in [0.5, 0.6) is 5.75 Å². The van der Waals surface area contributed by atoms with Crippen molar-refractivity contribution in [3.05, 3.63) is 101 Å². The molecule has 0 spiro atoms. The Morgan fingerprint density at radius 3 is 2.49 bits per heavy atom. The number of carbonyl (C=O) groups excluding carboxylic acids is 2. The second kappa shape index (κ2) is 10.5. The predicted molar refractivity (Wildman–Crippen MR) is 130 cm³/mol. The van der Waals surface area contributed by atoms with E-state index in [0.717, 1.165) is 5.56 Å². The van der Waals surface area contributed by atoms with Crippen LogP contribution < -0.4 is 4.74 Å². The van der Waals surface area contributed by atoms with Gasteiger partial charge in [0.2, 0.25) is 0 Å². The first-order valence-electron chi connectivity index (χ1n) is 11.5. The van der Waals surface area contributed by atoms with Crippen molar-refractivity contribution in [3.8, 4) is 5.75 Å². The van der Waals surface area contributed by atoms with Gasteiger partial charge in [-0.2, -0.15) is 0 Å². The molecule has 1 atom stereocenters. The van der Waals surface area contributed by atoms with E-state index in [2.05, 4.69) is 4.98 Å². The molecule has 1 N–H and O–H groups in total. The highest BCUT2D eigenvalue weighted by Gasteiger charge is 2.45. The molecular formula is C28H27FN2O4. The smallest absolute Gasteiger partial charge is 0.295 e. The van der Waals surface area contributed by atoms with Crippen LogP contribution in [0.1, 0.15) is 36.6 Å². The van der Waals surface area contributed by atoms with E-state index < -0.39 is 17.7 Å². The molecule has 1 aromatic heterocycles. The Morgan fingerprint density at radius 2 is 1.80 bits per heavy atom. The molecule has 35 heavy (non-hydrogen) atoms. The van der Waals surface area contributed by atoms with Gasteiger partial charge in [-0.25, -0.2) is 4.39 Å². The number of nitrogens with zero attached hydrogens (tertiary/aromatic N) is 2. The summed E-state index contributed by atoms with van der Waals surface area (Å²) >= 11 is 0. The summed E-state index contributed by atoms with van der Waals surface area (Å²) in [7, 11) is 0. The number of aliphatic hydroxyl groups excluding tert-OH is 1. The molecule has 6 nitrogen and oxygen atoms in total. The minimum absolute atomic E-state index is 0.0151. The van der Waals surface area contributed by atoms with Crippen molar-refractivity contribution < 1.29 is 23.8 Å². The molecule has 1 amide bonds. The number of likely N-dealkylation sites (tertiary alicyclic amines) is 1. The fraction of sp³-hybridized carbons (Fsp3) is 0.250. The van der Waals surface area contributed by atoms with Crippen molar-refractivity contribution in [2.24, 2.45) is 5.92 Å². The number of carbonyl (C=O) groups is 2. The lowest BCUT2D eigenvalue weighted by Gasteiger charge is -2.25. The second-order valence-electron chi connectivity index (χ2n) is 8.88. The molecule has 3 aromatic rings. The second-order valence-corrected chi connectivity index (χ2v) is 8.88. The van der Waals surface area contributed by atoms with E-state index in [4.69, 9.17) is 4.74 Å². The quantitative estimate of drug-likeness (QED) is 0.285. The number of benzene rings is 2. The number of amides is 1. The summed E-state index contributed by atoms with van der Waals surface area (Å²) in [5, 5.41) is 11.2. The fourth-order valence-corrected chi connectivity index (χ4v) is 4.06. The van der Waals surface area contributed by atoms with E-state index in [-0.39, 0.29) is 23.7 Å². The molecule has 180 valence electrons. The van der Waals surface area contributed by atoms with Crippen LogP contribution in [-0.4, -0.2) is 39.8 Å². The molecule has 1 fully saturated rings. The Morgan fingerprint density at radius 1 is 1.09 bits per heavy atom. The van der Waals surface area contributed by atoms with Gasteiger partial charge in [0.15, 0.2) is 0 Å². The first kappa shape index (κ1) is 24.1. The number of ketones is 1. The Hall–Kier alpha value is -4.00. The Balaban J connectivity index is 1.71. The molecule has 4 rings (SSSR count). The molecule has 7 heteroatoms. The summed E-state index contributed by atoms with van der Waals surface area (Å²) in [6, 6.07) is 15.5. The normalized spacial score (nSPS) is 17.3. The zero-order valence-corrected chi connectivity index (χ0v) is 19.6. The predicted octanol–water partition coefficient (Wildman–Crippen LogP) is 4.92. The van der Waals surface area contributed by atoms with Crippen LogP contribution in [0.15, 0.2) is 78.6 Å². The van der Waals surface area contributed by atoms with Crippen LogP contribution in [0.3, 0.4) is 0 Å². The zero-order chi connectivity index (χ0) is 24.9. The first-order chi connectivity index (χ1) is 16.8. The standard InChI is InChI=1S/C28H27FN2O4/c1-18(2)17-35-23-5-3-4-21(16-23)26(32)24-25(20-10-13-30-14-11-20)31(28(34)27(24)33)15-12-19-6-8-22(29)9-7-19/h3-11,13-14,16,18,25,32H,12,15,17H2,1-2H3/b26-24-. The molecular weight excluding hydrogens is 447 g/mol. The number of ether oxygens (including phenoxy) is 1. The molecule has 0 aliphatic carbocycles. The number of aromatic nitrogens is 1. The number of hydrogen-bond acceptors (Lipinski definition) is 5. The molecule has 0 saturated carbocycles. The van der Waals surface area contributed by atoms with Crippen molar-refractivity contribution in [3.63, 3.8) is 0 Å². The van der Waals surface area contributed by atoms with Gasteiger partial charge < -0.3 is 14.7 Å². The van der Waals surface area contributed by atoms with Crippen molar-refractivity contribution in [2.45, 2.75) is 26.3 Å². The van der Waals surface area contributed by atoms with Gasteiger partial charge in [0.1, 0.15) is 17.3 Å². The average Bonchev–Trinajstić information content (AvgIpc) is 3.12. The van der Waals surface area contributed by atoms with Crippen molar-refractivity contribution in [1.29, 1.82) is 0 Å². The molecule has 2 heterocycles. The summed E-state index contributed by atoms with van der Waals surface area (Å²) in [5.41, 5.74) is 1.90. The van der Waals surface area contributed by atoms with E-state index >= 15 is 0 Å². The Bertz CT molecular complexity index is 1240. The summed E-state index contributed by atoms with van der Waals surface area (Å²) < 4.78 is 19.1. The van der Waals surface area contributed by atoms with E-state index in [0.29, 0.717) is 35.8 Å². The number of aliphatic hydroxyl groups is 1. The Kier molecular flexibility index (Phi) is 7.25. The number of pyridine rings is 1. The highest BCUT2D eigenvalue weighted by molar-refractivity contribution is 6.46. The molecule has 1 aliphatic heterocycles. The van der Waals surface area contributed by atoms with Gasteiger partial charge in [-0.1, -0.05) is 38.1 Å². The third kappa shape index (κ3) is 5.40. The van der Waals surface area contributed by atoms with Crippen LogP contribution in [0.4, 0.5) is 4.39 Å². The van der Waals surface area contributed by atoms with Gasteiger partial charge >= 0.3 is 0 Å². The number of Topliss-reactive ketones (excluding diaryl/α,β-unsaturated/α-hetero) is 1. The van der Waals surface area contributed by atoms with Gasteiger partial charge in [-0.15, -0.1) is 0 Å². The SMILES string of the molecule is CC(C)COc1cccc(/C(O)=C2/C(=O)C(=O)N(CCc3ccc(F)cc3)C2c2ccncc2)c1. The molecule has 1 unspecified atom stereocenters. The minimum atomic E-state index is -0.779. The van der Waals surface area contributed by atoms with Gasteiger partial charge in [-0.05, 0) is 59.9 Å². The van der Waals surface area contributed by atoms with Crippen LogP contribution in [0.2, 0.25) is 0 Å². The van der Waals surface area contributed by atoms with Crippen molar-refractivity contribution in [1.82, 2.24) is 9.88 Å². The monoisotopic (exact) mass is 474 g/mol. The maximum Gasteiger partial charge on any atom is 0.295 e. The summed E-state index contributed by atoms with van der Waals surface area (Å²) in [6.45, 7) is 4.80. The van der Waals surface area contributed by atoms with E-state index in [1.165, 1.54) is 17.0 Å². The average molecular weight is 475 g/mol. The molecule has 1 aliphatic rings. The lowest BCUT2D eigenvalue weighted by atomic mass is 9.95. The molecule has 0 bridgehead atoms. The molecule has 0 radical (unpaired) electrons. The summed E-state index contributed by atoms with van der Waals surface area (Å²) in [5.74, 6) is -1.16.